The number of hydrogen-bond acceptors (Lipinski definition) is 5. The van der Waals surface area contributed by atoms with Crippen molar-refractivity contribution in [1.82, 2.24) is 20.0 Å². The number of nitrogens with zero attached hydrogens (tertiary/aromatic N) is 4. The summed E-state index contributed by atoms with van der Waals surface area (Å²) < 4.78 is 6.66. The van der Waals surface area contributed by atoms with Crippen LogP contribution in [0.1, 0.15) is 36.8 Å². The van der Waals surface area contributed by atoms with Crippen LogP contribution in [0.25, 0.3) is 0 Å². The molecule has 0 radical (unpaired) electrons. The predicted octanol–water partition coefficient (Wildman–Crippen LogP) is 3.18. The summed E-state index contributed by atoms with van der Waals surface area (Å²) in [6.45, 7) is 3.42. The van der Waals surface area contributed by atoms with Crippen LogP contribution in [-0.4, -0.2) is 60.0 Å². The summed E-state index contributed by atoms with van der Waals surface area (Å²) in [5, 5.41) is 8.07. The number of rotatable bonds is 5. The number of methoxy groups -OCH3 is 1. The number of likely N-dealkylation sites (tertiary alicyclic amines) is 1. The van der Waals surface area contributed by atoms with Crippen molar-refractivity contribution in [2.45, 2.75) is 50.2 Å². The number of anilines is 1. The summed E-state index contributed by atoms with van der Waals surface area (Å²) in [7, 11) is 3.25. The molecule has 33 heavy (non-hydrogen) atoms. The quantitative estimate of drug-likeness (QED) is 0.724. The summed E-state index contributed by atoms with van der Waals surface area (Å²) in [6.07, 6.45) is 7.20. The monoisotopic (exact) mass is 471 g/mol. The Bertz CT molecular complexity index is 1060. The molecule has 2 amide bonds. The molecule has 1 N–H and O–H groups in total. The zero-order chi connectivity index (χ0) is 23.2. The number of carbonyl (C=O) groups excluding carboxylic acids is 2. The van der Waals surface area contributed by atoms with E-state index in [1.165, 1.54) is 12.7 Å². The average Bonchev–Trinajstić information content (AvgIpc) is 3.30. The van der Waals surface area contributed by atoms with Crippen molar-refractivity contribution < 1.29 is 14.3 Å². The Morgan fingerprint density at radius 2 is 2.06 bits per heavy atom. The molecular formula is C24H30ClN5O3. The average molecular weight is 472 g/mol. The molecule has 176 valence electrons. The molecule has 1 aromatic carbocycles. The zero-order valence-corrected chi connectivity index (χ0v) is 19.8. The number of likely N-dealkylation sites (N-methyl/N-ethyl adjacent to an activating group) is 1. The maximum absolute atomic E-state index is 13.2. The highest BCUT2D eigenvalue weighted by atomic mass is 35.5. The SMILES string of the molecule is COC(=O)NC1CC(Cn2cc(CN3CCC4(CC3)C(=O)N(C)c3ccc(Cl)cc34)cn2)C1. The number of fused-ring (bicyclic) bond motifs is 2. The second-order valence-corrected chi connectivity index (χ2v) is 10.1. The lowest BCUT2D eigenvalue weighted by atomic mass is 9.73. The van der Waals surface area contributed by atoms with Crippen molar-refractivity contribution in [2.24, 2.45) is 5.92 Å². The van der Waals surface area contributed by atoms with Gasteiger partial charge >= 0.3 is 6.09 Å². The van der Waals surface area contributed by atoms with Crippen LogP contribution in [0.5, 0.6) is 0 Å². The molecule has 1 saturated carbocycles. The summed E-state index contributed by atoms with van der Waals surface area (Å²) in [5.74, 6) is 0.708. The van der Waals surface area contributed by atoms with E-state index in [0.29, 0.717) is 10.9 Å². The van der Waals surface area contributed by atoms with Gasteiger partial charge in [-0.1, -0.05) is 11.6 Å². The lowest BCUT2D eigenvalue weighted by Crippen LogP contribution is -2.47. The van der Waals surface area contributed by atoms with E-state index >= 15 is 0 Å². The molecule has 1 aliphatic carbocycles. The van der Waals surface area contributed by atoms with Crippen molar-refractivity contribution in [3.8, 4) is 0 Å². The Balaban J connectivity index is 1.15. The molecule has 9 heteroatoms. The fourth-order valence-corrected chi connectivity index (χ4v) is 5.82. The molecule has 1 saturated heterocycles. The van der Waals surface area contributed by atoms with Crippen LogP contribution in [0, 0.1) is 5.92 Å². The standard InChI is InChI=1S/C24H30ClN5O3/c1-28-21-4-3-18(25)11-20(21)24(22(28)31)5-7-29(8-6-24)13-17-12-26-30(15-17)14-16-9-19(10-16)27-23(32)33-2/h3-4,11-12,15-16,19H,5-10,13-14H2,1-2H3,(H,27,32). The molecule has 0 bridgehead atoms. The lowest BCUT2D eigenvalue weighted by molar-refractivity contribution is -0.124. The molecule has 2 aromatic rings. The molecule has 1 spiro atoms. The summed E-state index contributed by atoms with van der Waals surface area (Å²) in [6, 6.07) is 6.00. The molecule has 2 fully saturated rings. The lowest BCUT2D eigenvalue weighted by Gasteiger charge is -2.38. The fourth-order valence-electron chi connectivity index (χ4n) is 5.64. The fraction of sp³-hybridized carbons (Fsp3) is 0.542. The highest BCUT2D eigenvalue weighted by molar-refractivity contribution is 6.31. The molecule has 5 rings (SSSR count). The number of nitrogens with one attached hydrogen (secondary N) is 1. The number of amides is 2. The molecule has 3 aliphatic rings. The zero-order valence-electron chi connectivity index (χ0n) is 19.1. The van der Waals surface area contributed by atoms with Crippen LogP contribution in [0.15, 0.2) is 30.6 Å². The van der Waals surface area contributed by atoms with Gasteiger partial charge in [0.1, 0.15) is 0 Å². The summed E-state index contributed by atoms with van der Waals surface area (Å²) >= 11 is 6.27. The van der Waals surface area contributed by atoms with Gasteiger partial charge in [0.15, 0.2) is 0 Å². The Morgan fingerprint density at radius 3 is 2.79 bits per heavy atom. The highest BCUT2D eigenvalue weighted by Gasteiger charge is 2.51. The Labute approximate surface area is 198 Å². The number of carbonyl (C=O) groups is 2. The number of alkyl carbamates (subject to hydrolysis) is 1. The van der Waals surface area contributed by atoms with Gasteiger partial charge in [-0.2, -0.15) is 5.10 Å². The predicted molar refractivity (Wildman–Crippen MR) is 125 cm³/mol. The Hall–Kier alpha value is -2.58. The Morgan fingerprint density at radius 1 is 1.30 bits per heavy atom. The van der Waals surface area contributed by atoms with Gasteiger partial charge in [-0.15, -0.1) is 0 Å². The summed E-state index contributed by atoms with van der Waals surface area (Å²) in [5.41, 5.74) is 2.80. The third kappa shape index (κ3) is 4.10. The van der Waals surface area contributed by atoms with Gasteiger partial charge in [-0.3, -0.25) is 14.4 Å². The van der Waals surface area contributed by atoms with E-state index in [2.05, 4.69) is 26.2 Å². The third-order valence-electron chi connectivity index (χ3n) is 7.54. The number of aromatic nitrogens is 2. The number of benzene rings is 1. The Kier molecular flexibility index (Phi) is 5.82. The topological polar surface area (TPSA) is 79.7 Å². The van der Waals surface area contributed by atoms with Crippen molar-refractivity contribution in [3.63, 3.8) is 0 Å². The minimum Gasteiger partial charge on any atom is -0.453 e. The highest BCUT2D eigenvalue weighted by Crippen LogP contribution is 2.48. The second kappa shape index (κ2) is 8.65. The van der Waals surface area contributed by atoms with Gasteiger partial charge in [-0.25, -0.2) is 4.79 Å². The van der Waals surface area contributed by atoms with E-state index in [-0.39, 0.29) is 18.0 Å². The molecule has 2 aliphatic heterocycles. The maximum Gasteiger partial charge on any atom is 0.407 e. The molecule has 3 heterocycles. The minimum atomic E-state index is -0.450. The number of halogens is 1. The van der Waals surface area contributed by atoms with E-state index < -0.39 is 5.41 Å². The minimum absolute atomic E-state index is 0.188. The van der Waals surface area contributed by atoms with Gasteiger partial charge in [0.2, 0.25) is 5.91 Å². The van der Waals surface area contributed by atoms with Crippen molar-refractivity contribution in [2.75, 3.05) is 32.1 Å². The second-order valence-electron chi connectivity index (χ2n) is 9.62. The van der Waals surface area contributed by atoms with E-state index in [1.807, 2.05) is 36.1 Å². The third-order valence-corrected chi connectivity index (χ3v) is 7.78. The molecule has 8 nitrogen and oxygen atoms in total. The van der Waals surface area contributed by atoms with Crippen molar-refractivity contribution in [1.29, 1.82) is 0 Å². The van der Waals surface area contributed by atoms with Crippen LogP contribution in [0.3, 0.4) is 0 Å². The molecule has 0 unspecified atom stereocenters. The van der Waals surface area contributed by atoms with E-state index in [1.54, 1.807) is 4.90 Å². The van der Waals surface area contributed by atoms with Crippen molar-refractivity contribution in [3.05, 3.63) is 46.7 Å². The first-order valence-corrected chi connectivity index (χ1v) is 11.9. The van der Waals surface area contributed by atoms with Gasteiger partial charge in [0, 0.05) is 48.6 Å². The van der Waals surface area contributed by atoms with Gasteiger partial charge in [0.05, 0.1) is 18.7 Å². The van der Waals surface area contributed by atoms with Crippen molar-refractivity contribution >= 4 is 29.3 Å². The largest absolute Gasteiger partial charge is 0.453 e. The van der Waals surface area contributed by atoms with Crippen LogP contribution >= 0.6 is 11.6 Å². The van der Waals surface area contributed by atoms with E-state index in [0.717, 1.165) is 63.1 Å². The van der Waals surface area contributed by atoms with E-state index in [9.17, 15) is 9.59 Å². The normalized spacial score (nSPS) is 24.0. The smallest absolute Gasteiger partial charge is 0.407 e. The summed E-state index contributed by atoms with van der Waals surface area (Å²) in [4.78, 5) is 28.7. The van der Waals surface area contributed by atoms with Crippen LogP contribution in [0.4, 0.5) is 10.5 Å². The number of hydrogen-bond donors (Lipinski definition) is 1. The first-order chi connectivity index (χ1) is 15.9. The van der Waals surface area contributed by atoms with Gasteiger partial charge < -0.3 is 15.0 Å². The first-order valence-electron chi connectivity index (χ1n) is 11.5. The number of ether oxygens (including phenoxy) is 1. The molecule has 1 aromatic heterocycles. The maximum atomic E-state index is 13.2. The first kappa shape index (κ1) is 22.2. The molecule has 0 atom stereocenters. The van der Waals surface area contributed by atoms with Gasteiger partial charge in [0.25, 0.3) is 0 Å². The molecular weight excluding hydrogens is 442 g/mol. The van der Waals surface area contributed by atoms with E-state index in [4.69, 9.17) is 11.6 Å². The van der Waals surface area contributed by atoms with Crippen LogP contribution < -0.4 is 10.2 Å². The van der Waals surface area contributed by atoms with Crippen LogP contribution in [-0.2, 0) is 28.0 Å². The van der Waals surface area contributed by atoms with Gasteiger partial charge in [-0.05, 0) is 68.5 Å². The van der Waals surface area contributed by atoms with Crippen LogP contribution in [0.2, 0.25) is 5.02 Å². The number of piperidine rings is 1.